The summed E-state index contributed by atoms with van der Waals surface area (Å²) in [6, 6.07) is 0. The van der Waals surface area contributed by atoms with Crippen molar-refractivity contribution in [2.45, 2.75) is 174 Å². The zero-order valence-corrected chi connectivity index (χ0v) is 31.7. The molecule has 13 unspecified atom stereocenters. The molecule has 1 heterocycles. The smallest absolute Gasteiger partial charge is 0.0555 e. The molecule has 2 heteroatoms. The van der Waals surface area contributed by atoms with Gasteiger partial charge in [-0.3, -0.25) is 0 Å². The molecule has 0 amide bonds. The van der Waals surface area contributed by atoms with Gasteiger partial charge in [-0.2, -0.15) is 11.8 Å². The minimum atomic E-state index is -1.48. The highest BCUT2D eigenvalue weighted by Gasteiger charge is 2.63. The molecule has 6 aliphatic rings. The summed E-state index contributed by atoms with van der Waals surface area (Å²) in [5.74, 6) is 12.1. The SMILES string of the molecule is CC(C)C1CC2C(SC(C)C2C2CCCCC2C)C1[Si](C)(C)C1C(C)CC2C(C3CCC(C(C)(C)C)CC3)CCCC21. The van der Waals surface area contributed by atoms with E-state index in [0.29, 0.717) is 5.41 Å². The van der Waals surface area contributed by atoms with E-state index in [-0.39, 0.29) is 0 Å². The van der Waals surface area contributed by atoms with Crippen LogP contribution in [-0.4, -0.2) is 18.6 Å². The molecule has 5 saturated carbocycles. The first-order chi connectivity index (χ1) is 19.8. The van der Waals surface area contributed by atoms with E-state index in [9.17, 15) is 0 Å². The van der Waals surface area contributed by atoms with Crippen molar-refractivity contribution in [1.29, 1.82) is 0 Å². The second kappa shape index (κ2) is 12.3. The van der Waals surface area contributed by atoms with Crippen molar-refractivity contribution in [3.05, 3.63) is 0 Å². The quantitative estimate of drug-likeness (QED) is 0.278. The first-order valence-electron chi connectivity index (χ1n) is 19.5. The molecule has 42 heavy (non-hydrogen) atoms. The highest BCUT2D eigenvalue weighted by atomic mass is 32.2. The molecule has 0 aromatic carbocycles. The van der Waals surface area contributed by atoms with Crippen LogP contribution in [0.25, 0.3) is 0 Å². The third kappa shape index (κ3) is 5.70. The monoisotopic (exact) mass is 613 g/mol. The normalized spacial score (nSPS) is 50.2. The van der Waals surface area contributed by atoms with Gasteiger partial charge in [-0.25, -0.2) is 0 Å². The second-order valence-corrected chi connectivity index (χ2v) is 26.1. The lowest BCUT2D eigenvalue weighted by atomic mass is 9.61. The van der Waals surface area contributed by atoms with E-state index < -0.39 is 8.07 Å². The van der Waals surface area contributed by atoms with E-state index in [0.717, 1.165) is 92.6 Å². The van der Waals surface area contributed by atoms with Gasteiger partial charge in [-0.05, 0) is 139 Å². The van der Waals surface area contributed by atoms with Gasteiger partial charge >= 0.3 is 0 Å². The molecule has 1 saturated heterocycles. The van der Waals surface area contributed by atoms with Crippen LogP contribution in [0.5, 0.6) is 0 Å². The average Bonchev–Trinajstić information content (AvgIpc) is 3.57. The number of hydrogen-bond donors (Lipinski definition) is 0. The standard InChI is InChI=1S/C40H72SSi/c1-24(2)33-23-35-36(30-15-12-11-14-25(30)3)27(5)41-37(35)39(33)42(9,10)38-26(4)22-34-31(16-13-17-32(34)38)28-18-20-29(21-19-28)40(6,7)8/h24-39H,11-23H2,1-10H3. The minimum Gasteiger partial charge on any atom is -0.155 e. The van der Waals surface area contributed by atoms with Crippen LogP contribution in [0.2, 0.25) is 24.2 Å². The Bertz CT molecular complexity index is 909. The predicted octanol–water partition coefficient (Wildman–Crippen LogP) is 12.6. The van der Waals surface area contributed by atoms with Crippen LogP contribution in [0, 0.1) is 76.4 Å². The van der Waals surface area contributed by atoms with Crippen molar-refractivity contribution >= 4 is 19.8 Å². The molecule has 0 aromatic heterocycles. The summed E-state index contributed by atoms with van der Waals surface area (Å²) in [5.41, 5.74) is 2.66. The van der Waals surface area contributed by atoms with E-state index >= 15 is 0 Å². The van der Waals surface area contributed by atoms with Crippen molar-refractivity contribution < 1.29 is 0 Å². The van der Waals surface area contributed by atoms with Gasteiger partial charge in [0, 0.05) is 10.5 Å². The molecule has 0 bridgehead atoms. The number of hydrogen-bond acceptors (Lipinski definition) is 1. The summed E-state index contributed by atoms with van der Waals surface area (Å²) < 4.78 is 0. The van der Waals surface area contributed by atoms with Gasteiger partial charge in [-0.1, -0.05) is 101 Å². The summed E-state index contributed by atoms with van der Waals surface area (Å²) in [6.45, 7) is 26.8. The maximum absolute atomic E-state index is 2.97. The molecule has 1 aliphatic heterocycles. The molecule has 13 atom stereocenters. The number of rotatable bonds is 5. The maximum atomic E-state index is 2.97. The Hall–Kier alpha value is 0.567. The highest BCUT2D eigenvalue weighted by molar-refractivity contribution is 8.00. The van der Waals surface area contributed by atoms with E-state index in [1.807, 2.05) is 0 Å². The third-order valence-electron chi connectivity index (χ3n) is 15.9. The Labute approximate surface area is 268 Å². The molecule has 242 valence electrons. The predicted molar refractivity (Wildman–Crippen MR) is 190 cm³/mol. The van der Waals surface area contributed by atoms with Crippen LogP contribution in [0.1, 0.15) is 139 Å². The second-order valence-electron chi connectivity index (χ2n) is 19.6. The minimum absolute atomic E-state index is 0.512. The number of fused-ring (bicyclic) bond motifs is 2. The van der Waals surface area contributed by atoms with Gasteiger partial charge in [0.1, 0.15) is 0 Å². The summed E-state index contributed by atoms with van der Waals surface area (Å²) in [6.07, 6.45) is 20.1. The Balaban J connectivity index is 1.22. The van der Waals surface area contributed by atoms with Gasteiger partial charge < -0.3 is 0 Å². The molecule has 0 N–H and O–H groups in total. The van der Waals surface area contributed by atoms with Crippen molar-refractivity contribution in [2.24, 2.45) is 76.4 Å². The van der Waals surface area contributed by atoms with Crippen molar-refractivity contribution in [1.82, 2.24) is 0 Å². The van der Waals surface area contributed by atoms with E-state index in [1.54, 1.807) is 51.4 Å². The lowest BCUT2D eigenvalue weighted by Crippen LogP contribution is -2.48. The zero-order valence-electron chi connectivity index (χ0n) is 29.8. The summed E-state index contributed by atoms with van der Waals surface area (Å²) in [5, 5.41) is 1.90. The fourth-order valence-electron chi connectivity index (χ4n) is 14.2. The van der Waals surface area contributed by atoms with Gasteiger partial charge in [0.15, 0.2) is 0 Å². The highest BCUT2D eigenvalue weighted by Crippen LogP contribution is 2.69. The van der Waals surface area contributed by atoms with Crippen molar-refractivity contribution in [2.75, 3.05) is 0 Å². The van der Waals surface area contributed by atoms with Crippen molar-refractivity contribution in [3.63, 3.8) is 0 Å². The Morgan fingerprint density at radius 1 is 0.643 bits per heavy atom. The maximum Gasteiger partial charge on any atom is 0.0555 e. The first-order valence-corrected chi connectivity index (χ1v) is 23.6. The van der Waals surface area contributed by atoms with Gasteiger partial charge in [0.25, 0.3) is 0 Å². The molecule has 6 fully saturated rings. The fourth-order valence-corrected chi connectivity index (χ4v) is 23.7. The molecular weight excluding hydrogens is 541 g/mol. The number of thioether (sulfide) groups is 1. The van der Waals surface area contributed by atoms with Crippen LogP contribution < -0.4 is 0 Å². The van der Waals surface area contributed by atoms with Gasteiger partial charge in [0.2, 0.25) is 0 Å². The first kappa shape index (κ1) is 32.5. The van der Waals surface area contributed by atoms with E-state index in [2.05, 4.69) is 80.2 Å². The van der Waals surface area contributed by atoms with E-state index in [1.165, 1.54) is 32.1 Å². The summed E-state index contributed by atoms with van der Waals surface area (Å²) >= 11 is 2.55. The lowest BCUT2D eigenvalue weighted by Gasteiger charge is -2.49. The fraction of sp³-hybridized carbons (Fsp3) is 1.00. The Morgan fingerprint density at radius 3 is 1.93 bits per heavy atom. The lowest BCUT2D eigenvalue weighted by molar-refractivity contribution is 0.0638. The molecule has 0 aromatic rings. The molecule has 0 spiro atoms. The van der Waals surface area contributed by atoms with Crippen LogP contribution in [0.3, 0.4) is 0 Å². The third-order valence-corrected chi connectivity index (χ3v) is 23.1. The van der Waals surface area contributed by atoms with E-state index in [4.69, 9.17) is 0 Å². The van der Waals surface area contributed by atoms with Crippen LogP contribution in [-0.2, 0) is 0 Å². The molecule has 6 rings (SSSR count). The van der Waals surface area contributed by atoms with Crippen LogP contribution in [0.4, 0.5) is 0 Å². The molecular formula is C40H72SSi. The largest absolute Gasteiger partial charge is 0.155 e. The van der Waals surface area contributed by atoms with Crippen molar-refractivity contribution in [3.8, 4) is 0 Å². The summed E-state index contributed by atoms with van der Waals surface area (Å²) in [7, 11) is -1.48. The molecule has 5 aliphatic carbocycles. The van der Waals surface area contributed by atoms with Gasteiger partial charge in [-0.15, -0.1) is 0 Å². The zero-order chi connectivity index (χ0) is 30.1. The summed E-state index contributed by atoms with van der Waals surface area (Å²) in [4.78, 5) is 0. The Kier molecular flexibility index (Phi) is 9.52. The molecule has 0 radical (unpaired) electrons. The van der Waals surface area contributed by atoms with Gasteiger partial charge in [0.05, 0.1) is 8.07 Å². The Morgan fingerprint density at radius 2 is 1.29 bits per heavy atom. The average molecular weight is 613 g/mol. The molecule has 0 nitrogen and oxygen atoms in total. The van der Waals surface area contributed by atoms with Crippen LogP contribution in [0.15, 0.2) is 0 Å². The topological polar surface area (TPSA) is 0 Å². The van der Waals surface area contributed by atoms with Crippen LogP contribution >= 0.6 is 11.8 Å².